The van der Waals surface area contributed by atoms with E-state index in [-0.39, 0.29) is 5.41 Å². The van der Waals surface area contributed by atoms with Crippen LogP contribution in [0.1, 0.15) is 63.5 Å². The molecule has 0 unspecified atom stereocenters. The molecule has 2 fully saturated rings. The number of amides is 1. The molecule has 2 nitrogen and oxygen atoms in total. The number of likely N-dealkylation sites (tertiary alicyclic amines) is 1. The van der Waals surface area contributed by atoms with Crippen LogP contribution in [0.2, 0.25) is 0 Å². The summed E-state index contributed by atoms with van der Waals surface area (Å²) < 4.78 is 0. The molecule has 0 N–H and O–H groups in total. The Balaban J connectivity index is 1.48. The molecule has 0 spiro atoms. The van der Waals surface area contributed by atoms with Gasteiger partial charge >= 0.3 is 0 Å². The van der Waals surface area contributed by atoms with Crippen molar-refractivity contribution in [3.8, 4) is 0 Å². The molecule has 1 saturated heterocycles. The normalized spacial score (nSPS) is 21.0. The lowest BCUT2D eigenvalue weighted by Gasteiger charge is -2.43. The third-order valence-corrected chi connectivity index (χ3v) is 5.96. The fourth-order valence-electron chi connectivity index (χ4n) is 4.11. The standard InChI is InChI=1S/C21H31NO/c1-3-5-17-6-8-18(9-7-17)16-19-10-14-22(15-11-19)20(23)21(2)12-4-13-21/h6-9,19H,3-5,10-16H2,1-2H3. The van der Waals surface area contributed by atoms with E-state index in [1.54, 1.807) is 0 Å². The molecule has 3 rings (SSSR count). The molecule has 1 amide bonds. The van der Waals surface area contributed by atoms with Crippen molar-refractivity contribution in [3.63, 3.8) is 0 Å². The molecule has 1 aliphatic heterocycles. The number of hydrogen-bond acceptors (Lipinski definition) is 1. The summed E-state index contributed by atoms with van der Waals surface area (Å²) >= 11 is 0. The van der Waals surface area contributed by atoms with Gasteiger partial charge in [-0.3, -0.25) is 4.79 Å². The molecule has 1 aromatic rings. The molecule has 2 aliphatic rings. The van der Waals surface area contributed by atoms with E-state index in [2.05, 4.69) is 43.0 Å². The summed E-state index contributed by atoms with van der Waals surface area (Å²) in [7, 11) is 0. The Kier molecular flexibility index (Phi) is 5.08. The molecule has 2 heteroatoms. The van der Waals surface area contributed by atoms with Gasteiger partial charge in [0.2, 0.25) is 5.91 Å². The van der Waals surface area contributed by atoms with Gasteiger partial charge in [0.15, 0.2) is 0 Å². The van der Waals surface area contributed by atoms with E-state index in [0.717, 1.165) is 31.8 Å². The highest BCUT2D eigenvalue weighted by molar-refractivity contribution is 5.83. The van der Waals surface area contributed by atoms with Crippen molar-refractivity contribution in [2.24, 2.45) is 11.3 Å². The van der Waals surface area contributed by atoms with Crippen molar-refractivity contribution in [2.45, 2.75) is 65.2 Å². The summed E-state index contributed by atoms with van der Waals surface area (Å²) in [4.78, 5) is 14.7. The number of carbonyl (C=O) groups excluding carboxylic acids is 1. The number of piperidine rings is 1. The third-order valence-electron chi connectivity index (χ3n) is 5.96. The molecule has 1 heterocycles. The smallest absolute Gasteiger partial charge is 0.228 e. The van der Waals surface area contributed by atoms with Crippen molar-refractivity contribution in [1.29, 1.82) is 0 Å². The fraction of sp³-hybridized carbons (Fsp3) is 0.667. The molecule has 0 atom stereocenters. The van der Waals surface area contributed by atoms with Crippen LogP contribution in [0, 0.1) is 11.3 Å². The van der Waals surface area contributed by atoms with Crippen molar-refractivity contribution in [2.75, 3.05) is 13.1 Å². The minimum absolute atomic E-state index is 0.0258. The van der Waals surface area contributed by atoms with Crippen LogP contribution in [-0.2, 0) is 17.6 Å². The van der Waals surface area contributed by atoms with E-state index in [0.29, 0.717) is 5.91 Å². The molecule has 0 bridgehead atoms. The monoisotopic (exact) mass is 313 g/mol. The van der Waals surface area contributed by atoms with Crippen LogP contribution in [0.3, 0.4) is 0 Å². The zero-order chi connectivity index (χ0) is 16.3. The second-order valence-electron chi connectivity index (χ2n) is 7.92. The molecule has 0 aromatic heterocycles. The van der Waals surface area contributed by atoms with E-state index >= 15 is 0 Å². The van der Waals surface area contributed by atoms with Gasteiger partial charge in [0.1, 0.15) is 0 Å². The van der Waals surface area contributed by atoms with Crippen molar-refractivity contribution >= 4 is 5.91 Å². The van der Waals surface area contributed by atoms with Crippen molar-refractivity contribution in [1.82, 2.24) is 4.90 Å². The number of aryl methyl sites for hydroxylation is 1. The number of nitrogens with zero attached hydrogens (tertiary/aromatic N) is 1. The Labute approximate surface area is 141 Å². The average molecular weight is 313 g/mol. The molecule has 1 aliphatic carbocycles. The molecular weight excluding hydrogens is 282 g/mol. The lowest BCUT2D eigenvalue weighted by molar-refractivity contribution is -0.147. The quantitative estimate of drug-likeness (QED) is 0.777. The summed E-state index contributed by atoms with van der Waals surface area (Å²) in [5, 5.41) is 0. The van der Waals surface area contributed by atoms with Crippen LogP contribution in [-0.4, -0.2) is 23.9 Å². The second-order valence-corrected chi connectivity index (χ2v) is 7.92. The largest absolute Gasteiger partial charge is 0.342 e. The highest BCUT2D eigenvalue weighted by Crippen LogP contribution is 2.42. The van der Waals surface area contributed by atoms with Crippen LogP contribution in [0.15, 0.2) is 24.3 Å². The Morgan fingerprint density at radius 3 is 2.26 bits per heavy atom. The van der Waals surface area contributed by atoms with Crippen LogP contribution in [0.5, 0.6) is 0 Å². The minimum Gasteiger partial charge on any atom is -0.342 e. The van der Waals surface area contributed by atoms with Gasteiger partial charge in [-0.15, -0.1) is 0 Å². The molecule has 126 valence electrons. The van der Waals surface area contributed by atoms with E-state index in [1.165, 1.54) is 49.7 Å². The summed E-state index contributed by atoms with van der Waals surface area (Å²) in [6.45, 7) is 6.32. The number of benzene rings is 1. The first-order valence-electron chi connectivity index (χ1n) is 9.48. The Bertz CT molecular complexity index is 521. The third kappa shape index (κ3) is 3.79. The van der Waals surface area contributed by atoms with Gasteiger partial charge in [0.25, 0.3) is 0 Å². The first-order valence-corrected chi connectivity index (χ1v) is 9.48. The molecular formula is C21H31NO. The van der Waals surface area contributed by atoms with E-state index in [1.807, 2.05) is 0 Å². The van der Waals surface area contributed by atoms with Gasteiger partial charge in [-0.25, -0.2) is 0 Å². The highest BCUT2D eigenvalue weighted by Gasteiger charge is 2.42. The van der Waals surface area contributed by atoms with Crippen LogP contribution >= 0.6 is 0 Å². The number of rotatable bonds is 5. The van der Waals surface area contributed by atoms with E-state index in [4.69, 9.17) is 0 Å². The first-order chi connectivity index (χ1) is 11.1. The number of hydrogen-bond donors (Lipinski definition) is 0. The predicted octanol–water partition coefficient (Wildman–Crippen LogP) is 4.61. The first kappa shape index (κ1) is 16.5. The minimum atomic E-state index is -0.0258. The molecule has 1 aromatic carbocycles. The number of carbonyl (C=O) groups is 1. The Morgan fingerprint density at radius 1 is 1.13 bits per heavy atom. The maximum Gasteiger partial charge on any atom is 0.228 e. The Hall–Kier alpha value is -1.31. The lowest BCUT2D eigenvalue weighted by Crippen LogP contribution is -2.49. The molecule has 0 radical (unpaired) electrons. The topological polar surface area (TPSA) is 20.3 Å². The Morgan fingerprint density at radius 2 is 1.74 bits per heavy atom. The zero-order valence-electron chi connectivity index (χ0n) is 14.8. The van der Waals surface area contributed by atoms with Gasteiger partial charge in [-0.05, 0) is 55.6 Å². The van der Waals surface area contributed by atoms with Crippen LogP contribution in [0.25, 0.3) is 0 Å². The summed E-state index contributed by atoms with van der Waals surface area (Å²) in [6.07, 6.45) is 9.31. The van der Waals surface area contributed by atoms with E-state index < -0.39 is 0 Å². The van der Waals surface area contributed by atoms with E-state index in [9.17, 15) is 4.79 Å². The van der Waals surface area contributed by atoms with Gasteiger partial charge in [0.05, 0.1) is 0 Å². The van der Waals surface area contributed by atoms with Crippen molar-refractivity contribution in [3.05, 3.63) is 35.4 Å². The van der Waals surface area contributed by atoms with Crippen LogP contribution < -0.4 is 0 Å². The second kappa shape index (κ2) is 7.07. The average Bonchev–Trinajstić information content (AvgIpc) is 2.55. The molecule has 23 heavy (non-hydrogen) atoms. The van der Waals surface area contributed by atoms with Crippen molar-refractivity contribution < 1.29 is 4.79 Å². The van der Waals surface area contributed by atoms with Gasteiger partial charge < -0.3 is 4.90 Å². The fourth-order valence-corrected chi connectivity index (χ4v) is 4.11. The van der Waals surface area contributed by atoms with Gasteiger partial charge in [0, 0.05) is 18.5 Å². The summed E-state index contributed by atoms with van der Waals surface area (Å²) in [6, 6.07) is 9.18. The maximum absolute atomic E-state index is 12.6. The zero-order valence-corrected chi connectivity index (χ0v) is 14.8. The van der Waals surface area contributed by atoms with Crippen LogP contribution in [0.4, 0.5) is 0 Å². The SMILES string of the molecule is CCCc1ccc(CC2CCN(C(=O)C3(C)CCC3)CC2)cc1. The lowest BCUT2D eigenvalue weighted by atomic mass is 9.69. The van der Waals surface area contributed by atoms with Gasteiger partial charge in [-0.2, -0.15) is 0 Å². The van der Waals surface area contributed by atoms with Gasteiger partial charge in [-0.1, -0.05) is 51.0 Å². The summed E-state index contributed by atoms with van der Waals surface area (Å²) in [5.41, 5.74) is 2.88. The maximum atomic E-state index is 12.6. The molecule has 1 saturated carbocycles. The highest BCUT2D eigenvalue weighted by atomic mass is 16.2. The summed E-state index contributed by atoms with van der Waals surface area (Å²) in [5.74, 6) is 1.16. The predicted molar refractivity (Wildman–Crippen MR) is 95.4 cm³/mol.